The highest BCUT2D eigenvalue weighted by molar-refractivity contribution is 7.91. The van der Waals surface area contributed by atoms with Crippen LogP contribution in [0.1, 0.15) is 36.7 Å². The second kappa shape index (κ2) is 11.6. The van der Waals surface area contributed by atoms with Crippen LogP contribution in [0, 0.1) is 11.3 Å². The number of benzene rings is 2. The van der Waals surface area contributed by atoms with Crippen molar-refractivity contribution in [2.24, 2.45) is 0 Å². The Morgan fingerprint density at radius 2 is 1.89 bits per heavy atom. The van der Waals surface area contributed by atoms with Crippen LogP contribution in [-0.2, 0) is 14.6 Å². The van der Waals surface area contributed by atoms with Gasteiger partial charge in [0, 0.05) is 11.5 Å². The van der Waals surface area contributed by atoms with Crippen LogP contribution in [0.5, 0.6) is 11.5 Å². The third kappa shape index (κ3) is 6.32. The minimum Gasteiger partial charge on any atom is -0.490 e. The summed E-state index contributed by atoms with van der Waals surface area (Å²) in [7, 11) is -3.70. The molecule has 0 atom stereocenters. The standard InChI is InChI=1S/C24H22N4O6S2/c1-4-33-20-13-16(10-11-19(20)34-22(30)17-8-6-5-7-9-17)12-18(14-25)21(29)26-23-27-24(28-35-23)36(31,32)15(2)3/h5-13,15H,4H2,1-3H3,(H,26,27,28,29). The van der Waals surface area contributed by atoms with Gasteiger partial charge in [-0.3, -0.25) is 10.1 Å². The molecule has 1 heterocycles. The van der Waals surface area contributed by atoms with E-state index in [1.807, 2.05) is 0 Å². The van der Waals surface area contributed by atoms with Crippen molar-refractivity contribution in [3.05, 3.63) is 65.2 Å². The van der Waals surface area contributed by atoms with Crippen LogP contribution < -0.4 is 14.8 Å². The summed E-state index contributed by atoms with van der Waals surface area (Å²) in [5.41, 5.74) is 0.535. The predicted octanol–water partition coefficient (Wildman–Crippen LogP) is 3.88. The topological polar surface area (TPSA) is 148 Å². The molecule has 1 aromatic heterocycles. The summed E-state index contributed by atoms with van der Waals surface area (Å²) in [6, 6.07) is 14.8. The fraction of sp³-hybridized carbons (Fsp3) is 0.208. The Hall–Kier alpha value is -4.08. The molecule has 0 unspecified atom stereocenters. The van der Waals surface area contributed by atoms with Crippen molar-refractivity contribution in [1.29, 1.82) is 5.26 Å². The number of sulfone groups is 1. The van der Waals surface area contributed by atoms with Gasteiger partial charge >= 0.3 is 5.97 Å². The highest BCUT2D eigenvalue weighted by atomic mass is 32.2. The van der Waals surface area contributed by atoms with Crippen molar-refractivity contribution in [3.8, 4) is 17.6 Å². The number of hydrogen-bond donors (Lipinski definition) is 1. The fourth-order valence-electron chi connectivity index (χ4n) is 2.77. The number of nitrogens with one attached hydrogen (secondary N) is 1. The van der Waals surface area contributed by atoms with Crippen molar-refractivity contribution >= 4 is 44.5 Å². The molecular weight excluding hydrogens is 504 g/mol. The number of nitriles is 1. The number of amides is 1. The monoisotopic (exact) mass is 526 g/mol. The van der Waals surface area contributed by atoms with Gasteiger partial charge in [0.1, 0.15) is 11.6 Å². The summed E-state index contributed by atoms with van der Waals surface area (Å²) in [6.07, 6.45) is 1.31. The van der Waals surface area contributed by atoms with E-state index in [4.69, 9.17) is 9.47 Å². The maximum atomic E-state index is 12.6. The van der Waals surface area contributed by atoms with Crippen LogP contribution in [-0.4, -0.2) is 41.5 Å². The summed E-state index contributed by atoms with van der Waals surface area (Å²) in [4.78, 5) is 28.9. The zero-order chi connectivity index (χ0) is 26.3. The molecule has 0 aliphatic carbocycles. The maximum absolute atomic E-state index is 12.6. The third-order valence-corrected chi connectivity index (χ3v) is 7.34. The van der Waals surface area contributed by atoms with Crippen molar-refractivity contribution in [2.45, 2.75) is 31.2 Å². The molecule has 12 heteroatoms. The van der Waals surface area contributed by atoms with Gasteiger partial charge in [-0.05, 0) is 56.7 Å². The first-order chi connectivity index (χ1) is 17.1. The Kier molecular flexibility index (Phi) is 8.52. The quantitative estimate of drug-likeness (QED) is 0.190. The zero-order valence-corrected chi connectivity index (χ0v) is 21.2. The summed E-state index contributed by atoms with van der Waals surface area (Å²) in [5, 5.41) is 10.7. The molecule has 2 aromatic carbocycles. The van der Waals surface area contributed by atoms with E-state index in [9.17, 15) is 23.3 Å². The van der Waals surface area contributed by atoms with E-state index < -0.39 is 27.0 Å². The van der Waals surface area contributed by atoms with E-state index in [1.165, 1.54) is 32.1 Å². The Morgan fingerprint density at radius 1 is 1.17 bits per heavy atom. The number of esters is 1. The Labute approximate surface area is 212 Å². The number of hydrogen-bond acceptors (Lipinski definition) is 10. The van der Waals surface area contributed by atoms with Crippen LogP contribution in [0.4, 0.5) is 5.13 Å². The van der Waals surface area contributed by atoms with Crippen LogP contribution in [0.3, 0.4) is 0 Å². The summed E-state index contributed by atoms with van der Waals surface area (Å²) < 4.78 is 39.2. The molecule has 0 saturated carbocycles. The van der Waals surface area contributed by atoms with Crippen molar-refractivity contribution in [3.63, 3.8) is 0 Å². The van der Waals surface area contributed by atoms with Gasteiger partial charge in [-0.15, -0.1) is 0 Å². The molecule has 0 fully saturated rings. The van der Waals surface area contributed by atoms with Gasteiger partial charge in [-0.25, -0.2) is 13.2 Å². The smallest absolute Gasteiger partial charge is 0.343 e. The average Bonchev–Trinajstić information content (AvgIpc) is 3.33. The molecule has 0 aliphatic rings. The number of anilines is 1. The molecule has 0 bridgehead atoms. The molecule has 0 aliphatic heterocycles. The minimum atomic E-state index is -3.70. The van der Waals surface area contributed by atoms with Gasteiger partial charge in [0.25, 0.3) is 11.1 Å². The lowest BCUT2D eigenvalue weighted by atomic mass is 10.1. The van der Waals surface area contributed by atoms with Crippen LogP contribution in [0.25, 0.3) is 6.08 Å². The first-order valence-corrected chi connectivity index (χ1v) is 13.0. The highest BCUT2D eigenvalue weighted by Gasteiger charge is 2.25. The predicted molar refractivity (Wildman–Crippen MR) is 133 cm³/mol. The maximum Gasteiger partial charge on any atom is 0.343 e. The van der Waals surface area contributed by atoms with Gasteiger partial charge in [0.05, 0.1) is 17.4 Å². The third-order valence-electron chi connectivity index (χ3n) is 4.66. The Morgan fingerprint density at radius 3 is 2.53 bits per heavy atom. The average molecular weight is 527 g/mol. The lowest BCUT2D eigenvalue weighted by molar-refractivity contribution is -0.112. The number of rotatable bonds is 9. The van der Waals surface area contributed by atoms with Gasteiger partial charge < -0.3 is 9.47 Å². The largest absolute Gasteiger partial charge is 0.490 e. The lowest BCUT2D eigenvalue weighted by Gasteiger charge is -2.11. The Bertz CT molecular complexity index is 1440. The van der Waals surface area contributed by atoms with Gasteiger partial charge in [-0.2, -0.15) is 14.6 Å². The molecule has 10 nitrogen and oxygen atoms in total. The van der Waals surface area contributed by atoms with E-state index in [2.05, 4.69) is 14.7 Å². The number of ether oxygens (including phenoxy) is 2. The normalized spacial score (nSPS) is 11.6. The number of nitrogens with zero attached hydrogens (tertiary/aromatic N) is 3. The molecule has 0 spiro atoms. The number of aromatic nitrogens is 2. The molecule has 0 radical (unpaired) electrons. The molecule has 1 N–H and O–H groups in total. The summed E-state index contributed by atoms with van der Waals surface area (Å²) in [6.45, 7) is 5.04. The summed E-state index contributed by atoms with van der Waals surface area (Å²) >= 11 is 0.694. The SMILES string of the molecule is CCOc1cc(C=C(C#N)C(=O)Nc2nc(S(=O)(=O)C(C)C)ns2)ccc1OC(=O)c1ccccc1. The molecule has 36 heavy (non-hydrogen) atoms. The molecule has 186 valence electrons. The molecular formula is C24H22N4O6S2. The van der Waals surface area contributed by atoms with Crippen molar-refractivity contribution in [2.75, 3.05) is 11.9 Å². The van der Waals surface area contributed by atoms with Gasteiger partial charge in [-0.1, -0.05) is 24.3 Å². The van der Waals surface area contributed by atoms with Crippen molar-refractivity contribution < 1.29 is 27.5 Å². The second-order valence-corrected chi connectivity index (χ2v) is 10.6. The van der Waals surface area contributed by atoms with Crippen LogP contribution in [0.15, 0.2) is 59.3 Å². The first kappa shape index (κ1) is 26.5. The van der Waals surface area contributed by atoms with E-state index in [0.717, 1.165) is 0 Å². The second-order valence-electron chi connectivity index (χ2n) is 7.49. The zero-order valence-electron chi connectivity index (χ0n) is 19.6. The van der Waals surface area contributed by atoms with E-state index in [0.29, 0.717) is 22.7 Å². The van der Waals surface area contributed by atoms with Crippen molar-refractivity contribution in [1.82, 2.24) is 9.36 Å². The number of carbonyl (C=O) groups excluding carboxylic acids is 2. The fourth-order valence-corrected chi connectivity index (χ4v) is 4.46. The highest BCUT2D eigenvalue weighted by Crippen LogP contribution is 2.30. The van der Waals surface area contributed by atoms with Gasteiger partial charge in [0.2, 0.25) is 15.0 Å². The van der Waals surface area contributed by atoms with Crippen LogP contribution in [0.2, 0.25) is 0 Å². The Balaban J connectivity index is 1.81. The molecule has 3 rings (SSSR count). The lowest BCUT2D eigenvalue weighted by Crippen LogP contribution is -2.16. The minimum absolute atomic E-state index is 0.0569. The summed E-state index contributed by atoms with van der Waals surface area (Å²) in [5.74, 6) is -0.924. The molecule has 1 amide bonds. The van der Waals surface area contributed by atoms with E-state index >= 15 is 0 Å². The van der Waals surface area contributed by atoms with Crippen LogP contribution >= 0.6 is 11.5 Å². The molecule has 0 saturated heterocycles. The van der Waals surface area contributed by atoms with E-state index in [-0.39, 0.29) is 34.0 Å². The number of carbonyl (C=O) groups is 2. The van der Waals surface area contributed by atoms with Gasteiger partial charge in [0.15, 0.2) is 11.5 Å². The molecule has 3 aromatic rings. The van der Waals surface area contributed by atoms with E-state index in [1.54, 1.807) is 49.4 Å². The first-order valence-electron chi connectivity index (χ1n) is 10.7.